The van der Waals surface area contributed by atoms with E-state index in [4.69, 9.17) is 4.74 Å². The van der Waals surface area contributed by atoms with E-state index in [0.29, 0.717) is 11.8 Å². The second-order valence-corrected chi connectivity index (χ2v) is 6.78. The Morgan fingerprint density at radius 1 is 1.17 bits per heavy atom. The van der Waals surface area contributed by atoms with Gasteiger partial charge in [0.2, 0.25) is 0 Å². The molecule has 0 aromatic carbocycles. The molecule has 104 valence electrons. The Balaban J connectivity index is 2.12. The maximum atomic E-state index is 12.3. The van der Waals surface area contributed by atoms with E-state index in [2.05, 4.69) is 19.2 Å². The van der Waals surface area contributed by atoms with Gasteiger partial charge in [-0.2, -0.15) is 0 Å². The summed E-state index contributed by atoms with van der Waals surface area (Å²) in [5.41, 5.74) is -0.415. The van der Waals surface area contributed by atoms with Crippen molar-refractivity contribution in [1.82, 2.24) is 10.2 Å². The molecule has 4 unspecified atom stereocenters. The molecule has 1 amide bonds. The minimum atomic E-state index is -0.415. The van der Waals surface area contributed by atoms with Gasteiger partial charge < -0.3 is 15.0 Å². The Morgan fingerprint density at radius 2 is 1.67 bits per heavy atom. The molecule has 0 aliphatic carbocycles. The quantitative estimate of drug-likeness (QED) is 0.721. The van der Waals surface area contributed by atoms with E-state index in [1.807, 2.05) is 25.7 Å². The Morgan fingerprint density at radius 3 is 2.11 bits per heavy atom. The zero-order valence-electron chi connectivity index (χ0n) is 12.2. The number of rotatable bonds is 0. The highest BCUT2D eigenvalue weighted by molar-refractivity contribution is 5.69. The number of nitrogens with one attached hydrogen (secondary N) is 1. The van der Waals surface area contributed by atoms with Gasteiger partial charge in [-0.15, -0.1) is 0 Å². The molecule has 0 aromatic rings. The molecule has 2 heterocycles. The van der Waals surface area contributed by atoms with Gasteiger partial charge in [0.05, 0.1) is 0 Å². The number of nitrogens with zero attached hydrogens (tertiary/aromatic N) is 1. The van der Waals surface area contributed by atoms with Crippen molar-refractivity contribution < 1.29 is 9.53 Å². The van der Waals surface area contributed by atoms with Crippen molar-refractivity contribution in [3.05, 3.63) is 0 Å². The van der Waals surface area contributed by atoms with Crippen molar-refractivity contribution in [2.45, 2.75) is 58.7 Å². The van der Waals surface area contributed by atoms with Gasteiger partial charge in [0.25, 0.3) is 0 Å². The predicted octanol–water partition coefficient (Wildman–Crippen LogP) is 2.24. The van der Waals surface area contributed by atoms with Crippen LogP contribution in [0, 0.1) is 11.8 Å². The SMILES string of the molecule is CC1C2CNCC(C2)C(C)N1C(=O)OC(C)(C)C. The molecule has 0 aromatic heterocycles. The van der Waals surface area contributed by atoms with Crippen LogP contribution in [0.2, 0.25) is 0 Å². The topological polar surface area (TPSA) is 41.6 Å². The lowest BCUT2D eigenvalue weighted by Gasteiger charge is -2.50. The monoisotopic (exact) mass is 254 g/mol. The molecule has 4 nitrogen and oxygen atoms in total. The van der Waals surface area contributed by atoms with Gasteiger partial charge in [-0.05, 0) is 66.0 Å². The van der Waals surface area contributed by atoms with Crippen LogP contribution in [-0.4, -0.2) is 41.8 Å². The van der Waals surface area contributed by atoms with Crippen molar-refractivity contribution >= 4 is 6.09 Å². The number of carbonyl (C=O) groups is 1. The van der Waals surface area contributed by atoms with E-state index in [1.54, 1.807) is 0 Å². The lowest BCUT2D eigenvalue weighted by molar-refractivity contribution is -0.0345. The van der Waals surface area contributed by atoms with Crippen LogP contribution in [0.3, 0.4) is 0 Å². The molecular formula is C14H26N2O2. The molecule has 0 spiro atoms. The molecule has 2 aliphatic rings. The third kappa shape index (κ3) is 2.63. The van der Waals surface area contributed by atoms with Crippen molar-refractivity contribution in [3.63, 3.8) is 0 Å². The van der Waals surface area contributed by atoms with Crippen LogP contribution < -0.4 is 5.32 Å². The highest BCUT2D eigenvalue weighted by Crippen LogP contribution is 2.35. The Kier molecular flexibility index (Phi) is 3.58. The summed E-state index contributed by atoms with van der Waals surface area (Å²) in [6.07, 6.45) is 1.08. The Labute approximate surface area is 110 Å². The normalized spacial score (nSPS) is 36.4. The standard InChI is InChI=1S/C14H26N2O2/c1-9-11-6-12(8-15-7-11)10(2)16(9)13(17)18-14(3,4)5/h9-12,15H,6-8H2,1-5H3. The van der Waals surface area contributed by atoms with Crippen molar-refractivity contribution in [1.29, 1.82) is 0 Å². The van der Waals surface area contributed by atoms with Gasteiger partial charge in [0.1, 0.15) is 5.60 Å². The number of hydrogen-bond acceptors (Lipinski definition) is 3. The van der Waals surface area contributed by atoms with Gasteiger partial charge in [-0.1, -0.05) is 0 Å². The van der Waals surface area contributed by atoms with Gasteiger partial charge in [0.15, 0.2) is 0 Å². The summed E-state index contributed by atoms with van der Waals surface area (Å²) in [6, 6.07) is 0.526. The average molecular weight is 254 g/mol. The first-order valence-electron chi connectivity index (χ1n) is 7.01. The number of hydrogen-bond donors (Lipinski definition) is 1. The molecule has 2 aliphatic heterocycles. The Bertz CT molecular complexity index is 308. The third-order valence-electron chi connectivity index (χ3n) is 4.26. The lowest BCUT2D eigenvalue weighted by atomic mass is 9.77. The molecule has 2 bridgehead atoms. The minimum Gasteiger partial charge on any atom is -0.444 e. The van der Waals surface area contributed by atoms with E-state index < -0.39 is 5.60 Å². The first-order chi connectivity index (χ1) is 8.29. The number of fused-ring (bicyclic) bond motifs is 2. The van der Waals surface area contributed by atoms with E-state index in [-0.39, 0.29) is 18.2 Å². The number of amides is 1. The van der Waals surface area contributed by atoms with E-state index in [0.717, 1.165) is 13.1 Å². The van der Waals surface area contributed by atoms with Crippen LogP contribution in [0.5, 0.6) is 0 Å². The second kappa shape index (κ2) is 4.72. The smallest absolute Gasteiger partial charge is 0.410 e. The summed E-state index contributed by atoms with van der Waals surface area (Å²) in [7, 11) is 0. The summed E-state index contributed by atoms with van der Waals surface area (Å²) < 4.78 is 5.55. The van der Waals surface area contributed by atoms with Crippen molar-refractivity contribution in [2.24, 2.45) is 11.8 Å². The van der Waals surface area contributed by atoms with Crippen LogP contribution in [0.25, 0.3) is 0 Å². The van der Waals surface area contributed by atoms with Crippen LogP contribution in [0.1, 0.15) is 41.0 Å². The Hall–Kier alpha value is -0.770. The molecule has 0 radical (unpaired) electrons. The van der Waals surface area contributed by atoms with Crippen LogP contribution in [0.4, 0.5) is 4.79 Å². The largest absolute Gasteiger partial charge is 0.444 e. The van der Waals surface area contributed by atoms with E-state index in [9.17, 15) is 4.79 Å². The molecular weight excluding hydrogens is 228 g/mol. The molecule has 1 N–H and O–H groups in total. The van der Waals surface area contributed by atoms with Gasteiger partial charge in [0, 0.05) is 12.1 Å². The predicted molar refractivity (Wildman–Crippen MR) is 71.5 cm³/mol. The minimum absolute atomic E-state index is 0.154. The van der Waals surface area contributed by atoms with E-state index >= 15 is 0 Å². The summed E-state index contributed by atoms with van der Waals surface area (Å²) in [5, 5.41) is 3.48. The fraction of sp³-hybridized carbons (Fsp3) is 0.929. The summed E-state index contributed by atoms with van der Waals surface area (Å²) in [5.74, 6) is 1.12. The molecule has 2 fully saturated rings. The van der Waals surface area contributed by atoms with Crippen LogP contribution in [0.15, 0.2) is 0 Å². The van der Waals surface area contributed by atoms with Gasteiger partial charge >= 0.3 is 6.09 Å². The number of piperidine rings is 2. The molecule has 4 heteroatoms. The number of carbonyl (C=O) groups excluding carboxylic acids is 1. The van der Waals surface area contributed by atoms with Gasteiger partial charge in [-0.3, -0.25) is 0 Å². The van der Waals surface area contributed by atoms with Crippen LogP contribution in [-0.2, 0) is 4.74 Å². The number of likely N-dealkylation sites (tertiary alicyclic amines) is 1. The first kappa shape index (κ1) is 13.7. The van der Waals surface area contributed by atoms with Gasteiger partial charge in [-0.25, -0.2) is 4.79 Å². The summed E-state index contributed by atoms with van der Waals surface area (Å²) in [6.45, 7) is 12.1. The average Bonchev–Trinajstić information content (AvgIpc) is 2.25. The second-order valence-electron chi connectivity index (χ2n) is 6.78. The van der Waals surface area contributed by atoms with Crippen molar-refractivity contribution in [3.8, 4) is 0 Å². The van der Waals surface area contributed by atoms with Crippen molar-refractivity contribution in [2.75, 3.05) is 13.1 Å². The maximum Gasteiger partial charge on any atom is 0.410 e. The highest BCUT2D eigenvalue weighted by Gasteiger charge is 2.44. The molecule has 18 heavy (non-hydrogen) atoms. The third-order valence-corrected chi connectivity index (χ3v) is 4.26. The maximum absolute atomic E-state index is 12.3. The van der Waals surface area contributed by atoms with Crippen LogP contribution >= 0.6 is 0 Å². The molecule has 2 rings (SSSR count). The molecule has 4 atom stereocenters. The molecule has 0 saturated carbocycles. The summed E-state index contributed by atoms with van der Waals surface area (Å²) >= 11 is 0. The zero-order chi connectivity index (χ0) is 13.5. The molecule has 2 saturated heterocycles. The summed E-state index contributed by atoms with van der Waals surface area (Å²) in [4.78, 5) is 14.3. The number of ether oxygens (including phenoxy) is 1. The van der Waals surface area contributed by atoms with E-state index in [1.165, 1.54) is 6.42 Å². The fourth-order valence-electron chi connectivity index (χ4n) is 3.22. The zero-order valence-corrected chi connectivity index (χ0v) is 12.2. The lowest BCUT2D eigenvalue weighted by Crippen LogP contribution is -2.62. The fourth-order valence-corrected chi connectivity index (χ4v) is 3.22. The highest BCUT2D eigenvalue weighted by atomic mass is 16.6. The first-order valence-corrected chi connectivity index (χ1v) is 7.01.